The number of hydrogen-bond donors (Lipinski definition) is 3. The van der Waals surface area contributed by atoms with E-state index in [1.807, 2.05) is 0 Å². The Morgan fingerprint density at radius 3 is 2.76 bits per heavy atom. The molecule has 1 fully saturated rings. The minimum absolute atomic E-state index is 0.191. The Morgan fingerprint density at radius 1 is 1.38 bits per heavy atom. The normalized spacial score (nSPS) is 15.3. The van der Waals surface area contributed by atoms with Crippen LogP contribution in [-0.2, 0) is 6.54 Å². The molecule has 21 heavy (non-hydrogen) atoms. The molecule has 2 amide bonds. The summed E-state index contributed by atoms with van der Waals surface area (Å²) in [5.41, 5.74) is 1.01. The van der Waals surface area contributed by atoms with Gasteiger partial charge in [0.15, 0.2) is 0 Å². The van der Waals surface area contributed by atoms with Crippen LogP contribution in [0.3, 0.4) is 0 Å². The van der Waals surface area contributed by atoms with Gasteiger partial charge < -0.3 is 15.7 Å². The van der Waals surface area contributed by atoms with Crippen molar-refractivity contribution in [2.24, 2.45) is 5.92 Å². The molecule has 1 aromatic carbocycles. The molecule has 0 aliphatic heterocycles. The average molecular weight is 290 g/mol. The average Bonchev–Trinajstić information content (AvgIpc) is 3.28. The van der Waals surface area contributed by atoms with Crippen molar-refractivity contribution in [1.82, 2.24) is 10.6 Å². The van der Waals surface area contributed by atoms with Gasteiger partial charge in [0.2, 0.25) is 0 Å². The molecule has 0 bridgehead atoms. The zero-order valence-corrected chi connectivity index (χ0v) is 12.3. The highest BCUT2D eigenvalue weighted by Gasteiger charge is 2.25. The number of benzene rings is 1. The predicted octanol–water partition coefficient (Wildman–Crippen LogP) is 2.76. The molecule has 0 radical (unpaired) electrons. The number of rotatable bonds is 7. The molecule has 0 spiro atoms. The number of carboxylic acid groups (broad SMARTS) is 1. The fourth-order valence-electron chi connectivity index (χ4n) is 2.32. The van der Waals surface area contributed by atoms with E-state index in [2.05, 4.69) is 17.6 Å². The highest BCUT2D eigenvalue weighted by atomic mass is 16.4. The standard InChI is InChI=1S/C16H22N2O3/c1-2-14(9-11-6-7-11)18-16(21)17-10-12-4-3-5-13(8-12)15(19)20/h3-5,8,11,14H,2,6-7,9-10H2,1H3,(H,19,20)(H2,17,18,21). The minimum Gasteiger partial charge on any atom is -0.478 e. The highest BCUT2D eigenvalue weighted by molar-refractivity contribution is 5.87. The van der Waals surface area contributed by atoms with E-state index in [0.29, 0.717) is 6.54 Å². The molecule has 1 saturated carbocycles. The first-order valence-corrected chi connectivity index (χ1v) is 7.45. The van der Waals surface area contributed by atoms with Crippen LogP contribution in [0, 0.1) is 5.92 Å². The van der Waals surface area contributed by atoms with E-state index in [0.717, 1.165) is 24.3 Å². The van der Waals surface area contributed by atoms with Gasteiger partial charge in [-0.1, -0.05) is 31.9 Å². The van der Waals surface area contributed by atoms with Gasteiger partial charge in [0, 0.05) is 12.6 Å². The van der Waals surface area contributed by atoms with Crippen molar-refractivity contribution in [3.63, 3.8) is 0 Å². The Kier molecular flexibility index (Phi) is 5.20. The molecule has 0 aromatic heterocycles. The maximum atomic E-state index is 11.9. The molecule has 1 atom stereocenters. The van der Waals surface area contributed by atoms with Crippen LogP contribution in [0.2, 0.25) is 0 Å². The summed E-state index contributed by atoms with van der Waals surface area (Å²) in [4.78, 5) is 22.8. The molecule has 114 valence electrons. The lowest BCUT2D eigenvalue weighted by Gasteiger charge is -2.17. The van der Waals surface area contributed by atoms with Gasteiger partial charge in [-0.3, -0.25) is 0 Å². The number of amides is 2. The number of carbonyl (C=O) groups is 2. The molecule has 1 aliphatic carbocycles. The highest BCUT2D eigenvalue weighted by Crippen LogP contribution is 2.33. The quantitative estimate of drug-likeness (QED) is 0.722. The third kappa shape index (κ3) is 5.10. The number of carboxylic acids is 1. The third-order valence-corrected chi connectivity index (χ3v) is 3.77. The van der Waals surface area contributed by atoms with Gasteiger partial charge >= 0.3 is 12.0 Å². The molecule has 0 saturated heterocycles. The summed E-state index contributed by atoms with van der Waals surface area (Å²) >= 11 is 0. The predicted molar refractivity (Wildman–Crippen MR) is 80.2 cm³/mol. The van der Waals surface area contributed by atoms with Gasteiger partial charge in [0.25, 0.3) is 0 Å². The lowest BCUT2D eigenvalue weighted by atomic mass is 10.1. The van der Waals surface area contributed by atoms with Gasteiger partial charge in [-0.2, -0.15) is 0 Å². The van der Waals surface area contributed by atoms with Crippen LogP contribution in [0.1, 0.15) is 48.5 Å². The molecule has 1 aliphatic rings. The summed E-state index contributed by atoms with van der Waals surface area (Å²) < 4.78 is 0. The smallest absolute Gasteiger partial charge is 0.335 e. The van der Waals surface area contributed by atoms with Crippen LogP contribution in [-0.4, -0.2) is 23.1 Å². The summed E-state index contributed by atoms with van der Waals surface area (Å²) in [6.07, 6.45) is 4.54. The van der Waals surface area contributed by atoms with E-state index in [1.165, 1.54) is 18.9 Å². The van der Waals surface area contributed by atoms with E-state index in [9.17, 15) is 9.59 Å². The van der Waals surface area contributed by atoms with Crippen LogP contribution < -0.4 is 10.6 Å². The second-order valence-corrected chi connectivity index (χ2v) is 5.62. The first-order chi connectivity index (χ1) is 10.1. The largest absolute Gasteiger partial charge is 0.478 e. The second-order valence-electron chi connectivity index (χ2n) is 5.62. The third-order valence-electron chi connectivity index (χ3n) is 3.77. The molecular formula is C16H22N2O3. The molecule has 1 aromatic rings. The summed E-state index contributed by atoms with van der Waals surface area (Å²) in [7, 11) is 0. The van der Waals surface area contributed by atoms with E-state index in [-0.39, 0.29) is 17.6 Å². The van der Waals surface area contributed by atoms with Gasteiger partial charge in [0.1, 0.15) is 0 Å². The fourth-order valence-corrected chi connectivity index (χ4v) is 2.32. The Morgan fingerprint density at radius 2 is 2.14 bits per heavy atom. The van der Waals surface area contributed by atoms with Crippen LogP contribution in [0.25, 0.3) is 0 Å². The fraction of sp³-hybridized carbons (Fsp3) is 0.500. The van der Waals surface area contributed by atoms with Crippen molar-refractivity contribution in [3.05, 3.63) is 35.4 Å². The van der Waals surface area contributed by atoms with Crippen molar-refractivity contribution in [3.8, 4) is 0 Å². The van der Waals surface area contributed by atoms with E-state index in [1.54, 1.807) is 18.2 Å². The van der Waals surface area contributed by atoms with Crippen molar-refractivity contribution < 1.29 is 14.7 Å². The van der Waals surface area contributed by atoms with Crippen LogP contribution in [0.4, 0.5) is 4.79 Å². The Hall–Kier alpha value is -2.04. The van der Waals surface area contributed by atoms with Gasteiger partial charge in [-0.25, -0.2) is 9.59 Å². The first-order valence-electron chi connectivity index (χ1n) is 7.45. The van der Waals surface area contributed by atoms with Gasteiger partial charge in [-0.15, -0.1) is 0 Å². The number of urea groups is 1. The Labute approximate surface area is 124 Å². The number of hydrogen-bond acceptors (Lipinski definition) is 2. The zero-order valence-electron chi connectivity index (χ0n) is 12.3. The maximum absolute atomic E-state index is 11.9. The van der Waals surface area contributed by atoms with Crippen molar-refractivity contribution in [2.45, 2.75) is 45.2 Å². The lowest BCUT2D eigenvalue weighted by molar-refractivity contribution is 0.0696. The van der Waals surface area contributed by atoms with Gasteiger partial charge in [-0.05, 0) is 36.5 Å². The van der Waals surface area contributed by atoms with Crippen LogP contribution in [0.15, 0.2) is 24.3 Å². The molecule has 2 rings (SSSR count). The Bertz CT molecular complexity index is 512. The molecule has 0 heterocycles. The van der Waals surface area contributed by atoms with Crippen molar-refractivity contribution >= 4 is 12.0 Å². The SMILES string of the molecule is CCC(CC1CC1)NC(=O)NCc1cccc(C(=O)O)c1. The Balaban J connectivity index is 1.79. The molecule has 5 nitrogen and oxygen atoms in total. The minimum atomic E-state index is -0.961. The summed E-state index contributed by atoms with van der Waals surface area (Å²) in [5.74, 6) is -0.181. The van der Waals surface area contributed by atoms with Crippen molar-refractivity contribution in [2.75, 3.05) is 0 Å². The van der Waals surface area contributed by atoms with E-state index in [4.69, 9.17) is 5.11 Å². The summed E-state index contributed by atoms with van der Waals surface area (Å²) in [5, 5.41) is 14.7. The topological polar surface area (TPSA) is 78.4 Å². The number of carbonyl (C=O) groups excluding carboxylic acids is 1. The summed E-state index contributed by atoms with van der Waals surface area (Å²) in [6.45, 7) is 2.40. The number of nitrogens with one attached hydrogen (secondary N) is 2. The van der Waals surface area contributed by atoms with Gasteiger partial charge in [0.05, 0.1) is 5.56 Å². The monoisotopic (exact) mass is 290 g/mol. The van der Waals surface area contributed by atoms with Crippen molar-refractivity contribution in [1.29, 1.82) is 0 Å². The molecular weight excluding hydrogens is 268 g/mol. The van der Waals surface area contributed by atoms with Crippen LogP contribution in [0.5, 0.6) is 0 Å². The maximum Gasteiger partial charge on any atom is 0.335 e. The number of aromatic carboxylic acids is 1. The van der Waals surface area contributed by atoms with E-state index >= 15 is 0 Å². The molecule has 5 heteroatoms. The molecule has 1 unspecified atom stereocenters. The second kappa shape index (κ2) is 7.11. The first kappa shape index (κ1) is 15.4. The zero-order chi connectivity index (χ0) is 15.2. The van der Waals surface area contributed by atoms with E-state index < -0.39 is 5.97 Å². The lowest BCUT2D eigenvalue weighted by Crippen LogP contribution is -2.41. The summed E-state index contributed by atoms with van der Waals surface area (Å²) in [6, 6.07) is 6.62. The molecule has 3 N–H and O–H groups in total. The van der Waals surface area contributed by atoms with Crippen LogP contribution >= 0.6 is 0 Å².